The highest BCUT2D eigenvalue weighted by atomic mass is 28.4. The van der Waals surface area contributed by atoms with Crippen LogP contribution < -0.4 is 5.19 Å². The van der Waals surface area contributed by atoms with Gasteiger partial charge in [-0.2, -0.15) is 0 Å². The van der Waals surface area contributed by atoms with Crippen molar-refractivity contribution in [3.05, 3.63) is 29.8 Å². The van der Waals surface area contributed by atoms with E-state index in [1.165, 1.54) is 24.8 Å². The minimum atomic E-state index is -2.73. The van der Waals surface area contributed by atoms with Crippen LogP contribution in [-0.2, 0) is 19.7 Å². The molecule has 1 rings (SSSR count). The standard InChI is InChI=1S/C17H30O3Si/c1-5-9-10-11-16-12-14-17(15-13-16)21(18-6-2,19-7-3)20-8-4/h12-15H,5-11H2,1-4H3. The van der Waals surface area contributed by atoms with Crippen molar-refractivity contribution in [1.29, 1.82) is 0 Å². The highest BCUT2D eigenvalue weighted by Gasteiger charge is 2.43. The van der Waals surface area contributed by atoms with E-state index in [0.29, 0.717) is 19.8 Å². The largest absolute Gasteiger partial charge is 0.537 e. The Morgan fingerprint density at radius 3 is 1.71 bits per heavy atom. The number of benzene rings is 1. The maximum Gasteiger partial charge on any atom is 0.537 e. The van der Waals surface area contributed by atoms with E-state index in [-0.39, 0.29) is 0 Å². The lowest BCUT2D eigenvalue weighted by Gasteiger charge is -2.28. The molecule has 0 atom stereocenters. The van der Waals surface area contributed by atoms with Crippen LogP contribution in [0.3, 0.4) is 0 Å². The Kier molecular flexibility index (Phi) is 8.84. The minimum absolute atomic E-state index is 0.602. The molecule has 0 unspecified atom stereocenters. The van der Waals surface area contributed by atoms with Gasteiger partial charge in [-0.25, -0.2) is 0 Å². The number of hydrogen-bond acceptors (Lipinski definition) is 3. The maximum absolute atomic E-state index is 5.93. The van der Waals surface area contributed by atoms with Crippen molar-refractivity contribution < 1.29 is 13.3 Å². The summed E-state index contributed by atoms with van der Waals surface area (Å²) >= 11 is 0. The molecule has 0 amide bonds. The molecule has 3 nitrogen and oxygen atoms in total. The molecule has 0 aliphatic heterocycles. The zero-order valence-corrected chi connectivity index (χ0v) is 15.0. The van der Waals surface area contributed by atoms with E-state index in [1.54, 1.807) is 0 Å². The van der Waals surface area contributed by atoms with Crippen molar-refractivity contribution in [3.8, 4) is 0 Å². The fourth-order valence-corrected chi connectivity index (χ4v) is 4.86. The first-order valence-corrected chi connectivity index (χ1v) is 9.96. The molecule has 0 fully saturated rings. The summed E-state index contributed by atoms with van der Waals surface area (Å²) in [5, 5.41) is 1.06. The Labute approximate surface area is 131 Å². The van der Waals surface area contributed by atoms with Crippen LogP contribution in [0.1, 0.15) is 52.5 Å². The molecule has 1 aromatic rings. The van der Waals surface area contributed by atoms with Gasteiger partial charge >= 0.3 is 8.80 Å². The molecule has 0 saturated carbocycles. The molecule has 21 heavy (non-hydrogen) atoms. The van der Waals surface area contributed by atoms with Crippen LogP contribution >= 0.6 is 0 Å². The van der Waals surface area contributed by atoms with Gasteiger partial charge in [0.2, 0.25) is 0 Å². The van der Waals surface area contributed by atoms with Gasteiger partial charge in [0.25, 0.3) is 0 Å². The molecule has 0 bridgehead atoms. The van der Waals surface area contributed by atoms with Crippen LogP contribution in [0.4, 0.5) is 0 Å². The Hall–Kier alpha value is -0.683. The van der Waals surface area contributed by atoms with Gasteiger partial charge in [0.05, 0.1) is 0 Å². The predicted molar refractivity (Wildman–Crippen MR) is 89.9 cm³/mol. The lowest BCUT2D eigenvalue weighted by Crippen LogP contribution is -2.56. The van der Waals surface area contributed by atoms with Crippen molar-refractivity contribution in [3.63, 3.8) is 0 Å². The van der Waals surface area contributed by atoms with E-state index in [0.717, 1.165) is 11.6 Å². The molecule has 1 aromatic carbocycles. The van der Waals surface area contributed by atoms with Crippen molar-refractivity contribution in [1.82, 2.24) is 0 Å². The van der Waals surface area contributed by atoms with E-state index < -0.39 is 8.80 Å². The van der Waals surface area contributed by atoms with Gasteiger partial charge in [-0.05, 0) is 39.2 Å². The number of unbranched alkanes of at least 4 members (excludes halogenated alkanes) is 2. The molecule has 120 valence electrons. The Bertz CT molecular complexity index is 361. The molecule has 0 N–H and O–H groups in total. The SMILES string of the molecule is CCCCCc1ccc([Si](OCC)(OCC)OCC)cc1. The zero-order valence-electron chi connectivity index (χ0n) is 14.0. The summed E-state index contributed by atoms with van der Waals surface area (Å²) in [6.45, 7) is 9.99. The van der Waals surface area contributed by atoms with Crippen molar-refractivity contribution in [2.24, 2.45) is 0 Å². The second-order valence-corrected chi connectivity index (χ2v) is 7.57. The quantitative estimate of drug-likeness (QED) is 0.461. The lowest BCUT2D eigenvalue weighted by atomic mass is 10.1. The van der Waals surface area contributed by atoms with Crippen molar-refractivity contribution >= 4 is 14.0 Å². The van der Waals surface area contributed by atoms with E-state index >= 15 is 0 Å². The third-order valence-electron chi connectivity index (χ3n) is 3.38. The summed E-state index contributed by atoms with van der Waals surface area (Å²) in [4.78, 5) is 0. The van der Waals surface area contributed by atoms with Crippen LogP contribution in [0.15, 0.2) is 24.3 Å². The number of hydrogen-bond donors (Lipinski definition) is 0. The normalized spacial score (nSPS) is 11.8. The second kappa shape index (κ2) is 10.1. The molecule has 0 aliphatic carbocycles. The summed E-state index contributed by atoms with van der Waals surface area (Å²) < 4.78 is 17.8. The molecular formula is C17H30O3Si. The van der Waals surface area contributed by atoms with Crippen LogP contribution in [-0.4, -0.2) is 28.6 Å². The Morgan fingerprint density at radius 1 is 0.762 bits per heavy atom. The summed E-state index contributed by atoms with van der Waals surface area (Å²) in [6.07, 6.45) is 4.94. The minimum Gasteiger partial charge on any atom is -0.370 e. The highest BCUT2D eigenvalue weighted by molar-refractivity contribution is 6.75. The molecule has 0 aliphatic rings. The van der Waals surface area contributed by atoms with Crippen LogP contribution in [0, 0.1) is 0 Å². The van der Waals surface area contributed by atoms with Crippen molar-refractivity contribution in [2.75, 3.05) is 19.8 Å². The highest BCUT2D eigenvalue weighted by Crippen LogP contribution is 2.13. The van der Waals surface area contributed by atoms with E-state index in [4.69, 9.17) is 13.3 Å². The van der Waals surface area contributed by atoms with Crippen LogP contribution in [0.5, 0.6) is 0 Å². The Morgan fingerprint density at radius 2 is 1.29 bits per heavy atom. The average molecular weight is 311 g/mol. The molecule has 0 spiro atoms. The fourth-order valence-electron chi connectivity index (χ4n) is 2.40. The molecular weight excluding hydrogens is 280 g/mol. The first-order valence-electron chi connectivity index (χ1n) is 8.23. The average Bonchev–Trinajstić information content (AvgIpc) is 2.49. The summed E-state index contributed by atoms with van der Waals surface area (Å²) in [7, 11) is -2.73. The van der Waals surface area contributed by atoms with Crippen molar-refractivity contribution in [2.45, 2.75) is 53.4 Å². The molecule has 4 heteroatoms. The maximum atomic E-state index is 5.93. The zero-order chi connectivity index (χ0) is 15.6. The molecule has 0 radical (unpaired) electrons. The van der Waals surface area contributed by atoms with Gasteiger partial charge in [0, 0.05) is 25.0 Å². The van der Waals surface area contributed by atoms with E-state index in [9.17, 15) is 0 Å². The Balaban J connectivity index is 2.86. The number of aryl methyl sites for hydroxylation is 1. The molecule has 0 aromatic heterocycles. The van der Waals surface area contributed by atoms with Gasteiger partial charge < -0.3 is 13.3 Å². The third-order valence-corrected chi connectivity index (χ3v) is 6.43. The smallest absolute Gasteiger partial charge is 0.370 e. The monoisotopic (exact) mass is 310 g/mol. The topological polar surface area (TPSA) is 27.7 Å². The van der Waals surface area contributed by atoms with Gasteiger partial charge in [-0.1, -0.05) is 44.0 Å². The first kappa shape index (κ1) is 18.4. The summed E-state index contributed by atoms with van der Waals surface area (Å²) in [5.74, 6) is 0. The summed E-state index contributed by atoms with van der Waals surface area (Å²) in [6, 6.07) is 8.61. The van der Waals surface area contributed by atoms with Gasteiger partial charge in [-0.3, -0.25) is 0 Å². The van der Waals surface area contributed by atoms with E-state index in [1.807, 2.05) is 20.8 Å². The van der Waals surface area contributed by atoms with Gasteiger partial charge in [0.15, 0.2) is 0 Å². The number of rotatable bonds is 11. The second-order valence-electron chi connectivity index (χ2n) is 5.01. The lowest BCUT2D eigenvalue weighted by molar-refractivity contribution is 0.0859. The van der Waals surface area contributed by atoms with Crippen LogP contribution in [0.25, 0.3) is 0 Å². The first-order chi connectivity index (χ1) is 10.2. The predicted octanol–water partition coefficient (Wildman–Crippen LogP) is 3.67. The van der Waals surface area contributed by atoms with Gasteiger partial charge in [0.1, 0.15) is 0 Å². The molecule has 0 saturated heterocycles. The summed E-state index contributed by atoms with van der Waals surface area (Å²) in [5.41, 5.74) is 1.37. The third kappa shape index (κ3) is 5.55. The van der Waals surface area contributed by atoms with Crippen LogP contribution in [0.2, 0.25) is 0 Å². The van der Waals surface area contributed by atoms with E-state index in [2.05, 4.69) is 31.2 Å². The molecule has 0 heterocycles. The fraction of sp³-hybridized carbons (Fsp3) is 0.647. The van der Waals surface area contributed by atoms with Gasteiger partial charge in [-0.15, -0.1) is 0 Å².